The van der Waals surface area contributed by atoms with Gasteiger partial charge in [-0.15, -0.1) is 24.0 Å². The van der Waals surface area contributed by atoms with Crippen LogP contribution in [-0.2, 0) is 18.4 Å². The number of benzene rings is 1. The second-order valence-electron chi connectivity index (χ2n) is 9.90. The number of unbranched alkanes of at least 4 members (excludes halogenated alkanes) is 1. The lowest BCUT2D eigenvalue weighted by Gasteiger charge is -2.32. The van der Waals surface area contributed by atoms with Gasteiger partial charge in [-0.1, -0.05) is 51.1 Å². The SMILES string of the molecule is CN=C(NCCCCN1CCC(Cc2ccccc2)CC1)NCc1ncc(C(C)(C)C)o1.I. The van der Waals surface area contributed by atoms with E-state index in [4.69, 9.17) is 4.42 Å². The summed E-state index contributed by atoms with van der Waals surface area (Å²) in [7, 11) is 1.80. The second kappa shape index (κ2) is 13.9. The van der Waals surface area contributed by atoms with Crippen LogP contribution in [0.4, 0.5) is 0 Å². The summed E-state index contributed by atoms with van der Waals surface area (Å²) in [5.74, 6) is 3.23. The molecule has 0 aliphatic carbocycles. The summed E-state index contributed by atoms with van der Waals surface area (Å²) in [5.41, 5.74) is 1.46. The monoisotopic (exact) mass is 567 g/mol. The largest absolute Gasteiger partial charge is 0.443 e. The molecular weight excluding hydrogens is 525 g/mol. The minimum absolute atomic E-state index is 0. The van der Waals surface area contributed by atoms with Crippen molar-refractivity contribution in [1.82, 2.24) is 20.5 Å². The van der Waals surface area contributed by atoms with Crippen LogP contribution in [0.3, 0.4) is 0 Å². The molecule has 1 aliphatic heterocycles. The molecule has 1 fully saturated rings. The van der Waals surface area contributed by atoms with Gasteiger partial charge in [-0.05, 0) is 63.2 Å². The average molecular weight is 568 g/mol. The van der Waals surface area contributed by atoms with E-state index in [2.05, 4.69) is 76.6 Å². The van der Waals surface area contributed by atoms with E-state index in [1.807, 2.05) is 6.20 Å². The molecule has 2 aromatic rings. The van der Waals surface area contributed by atoms with Crippen LogP contribution in [-0.4, -0.2) is 49.1 Å². The Hall–Kier alpha value is -1.61. The number of piperidine rings is 1. The van der Waals surface area contributed by atoms with Crippen molar-refractivity contribution >= 4 is 29.9 Å². The normalized spacial score (nSPS) is 15.8. The van der Waals surface area contributed by atoms with Crippen LogP contribution in [0.15, 0.2) is 45.9 Å². The standard InChI is InChI=1S/C26H41N5O.HI/c1-26(2,3)23-19-29-24(32-23)20-30-25(27-4)28-14-8-9-15-31-16-12-22(13-17-31)18-21-10-6-5-7-11-21;/h5-7,10-11,19,22H,8-9,12-18,20H2,1-4H3,(H2,27,28,30);1H. The molecule has 0 amide bonds. The van der Waals surface area contributed by atoms with Crippen molar-refractivity contribution in [2.75, 3.05) is 33.2 Å². The van der Waals surface area contributed by atoms with E-state index in [0.29, 0.717) is 12.4 Å². The first-order chi connectivity index (χ1) is 15.4. The number of guanidine groups is 1. The zero-order valence-electron chi connectivity index (χ0n) is 20.8. The van der Waals surface area contributed by atoms with Gasteiger partial charge in [0, 0.05) is 19.0 Å². The van der Waals surface area contributed by atoms with Gasteiger partial charge in [0.1, 0.15) is 5.76 Å². The predicted molar refractivity (Wildman–Crippen MR) is 147 cm³/mol. The van der Waals surface area contributed by atoms with Crippen molar-refractivity contribution in [3.63, 3.8) is 0 Å². The maximum Gasteiger partial charge on any atom is 0.213 e. The van der Waals surface area contributed by atoms with Crippen molar-refractivity contribution in [2.45, 2.75) is 64.8 Å². The highest BCUT2D eigenvalue weighted by atomic mass is 127. The molecule has 33 heavy (non-hydrogen) atoms. The minimum atomic E-state index is -0.0255. The molecule has 1 aromatic carbocycles. The lowest BCUT2D eigenvalue weighted by molar-refractivity contribution is 0.181. The molecule has 2 N–H and O–H groups in total. The van der Waals surface area contributed by atoms with Gasteiger partial charge < -0.3 is 20.0 Å². The topological polar surface area (TPSA) is 65.7 Å². The van der Waals surface area contributed by atoms with Crippen molar-refractivity contribution < 1.29 is 4.42 Å². The molecule has 1 aromatic heterocycles. The van der Waals surface area contributed by atoms with Gasteiger partial charge in [-0.2, -0.15) is 0 Å². The number of hydrogen-bond acceptors (Lipinski definition) is 4. The fourth-order valence-electron chi connectivity index (χ4n) is 4.15. The van der Waals surface area contributed by atoms with Crippen LogP contribution >= 0.6 is 24.0 Å². The summed E-state index contributed by atoms with van der Waals surface area (Å²) >= 11 is 0. The Bertz CT molecular complexity index is 823. The Balaban J connectivity index is 0.00000385. The molecule has 0 radical (unpaired) electrons. The molecule has 6 nitrogen and oxygen atoms in total. The average Bonchev–Trinajstić information content (AvgIpc) is 3.27. The number of nitrogens with zero attached hydrogens (tertiary/aromatic N) is 3. The van der Waals surface area contributed by atoms with Crippen LogP contribution < -0.4 is 10.6 Å². The third kappa shape index (κ3) is 9.65. The van der Waals surface area contributed by atoms with E-state index in [0.717, 1.165) is 30.6 Å². The number of aliphatic imine (C=N–C) groups is 1. The van der Waals surface area contributed by atoms with E-state index in [-0.39, 0.29) is 29.4 Å². The zero-order chi connectivity index (χ0) is 22.8. The lowest BCUT2D eigenvalue weighted by atomic mass is 9.90. The summed E-state index contributed by atoms with van der Waals surface area (Å²) in [6, 6.07) is 10.9. The van der Waals surface area contributed by atoms with Crippen molar-refractivity contribution in [1.29, 1.82) is 0 Å². The third-order valence-electron chi connectivity index (χ3n) is 6.19. The van der Waals surface area contributed by atoms with Crippen molar-refractivity contribution in [3.8, 4) is 0 Å². The molecule has 3 rings (SSSR count). The van der Waals surface area contributed by atoms with Crippen LogP contribution in [0.2, 0.25) is 0 Å². The minimum Gasteiger partial charge on any atom is -0.443 e. The number of hydrogen-bond donors (Lipinski definition) is 2. The molecule has 0 spiro atoms. The van der Waals surface area contributed by atoms with Gasteiger partial charge >= 0.3 is 0 Å². The molecule has 1 saturated heterocycles. The van der Waals surface area contributed by atoms with Gasteiger partial charge in [0.25, 0.3) is 0 Å². The number of likely N-dealkylation sites (tertiary alicyclic amines) is 1. The summed E-state index contributed by atoms with van der Waals surface area (Å²) in [6.45, 7) is 11.5. The summed E-state index contributed by atoms with van der Waals surface area (Å²) in [6.07, 6.45) is 8.04. The first kappa shape index (κ1) is 27.6. The fraction of sp³-hybridized carbons (Fsp3) is 0.615. The van der Waals surface area contributed by atoms with E-state index in [9.17, 15) is 0 Å². The Morgan fingerprint density at radius 1 is 1.12 bits per heavy atom. The van der Waals surface area contributed by atoms with Crippen LogP contribution in [0, 0.1) is 5.92 Å². The van der Waals surface area contributed by atoms with Gasteiger partial charge in [-0.25, -0.2) is 4.98 Å². The van der Waals surface area contributed by atoms with Gasteiger partial charge in [-0.3, -0.25) is 4.99 Å². The predicted octanol–water partition coefficient (Wildman–Crippen LogP) is 4.99. The zero-order valence-corrected chi connectivity index (χ0v) is 23.1. The maximum atomic E-state index is 5.83. The van der Waals surface area contributed by atoms with Crippen LogP contribution in [0.1, 0.15) is 63.7 Å². The number of nitrogens with one attached hydrogen (secondary N) is 2. The van der Waals surface area contributed by atoms with Crippen molar-refractivity contribution in [2.24, 2.45) is 10.9 Å². The maximum absolute atomic E-state index is 5.83. The highest BCUT2D eigenvalue weighted by Gasteiger charge is 2.20. The Morgan fingerprint density at radius 2 is 1.85 bits per heavy atom. The summed E-state index contributed by atoms with van der Waals surface area (Å²) in [5, 5.41) is 6.69. The molecule has 184 valence electrons. The molecule has 0 atom stereocenters. The molecule has 7 heteroatoms. The first-order valence-corrected chi connectivity index (χ1v) is 12.1. The van der Waals surface area contributed by atoms with E-state index >= 15 is 0 Å². The highest BCUT2D eigenvalue weighted by molar-refractivity contribution is 14.0. The molecule has 0 unspecified atom stereocenters. The molecule has 0 bridgehead atoms. The Kier molecular flexibility index (Phi) is 11.7. The van der Waals surface area contributed by atoms with E-state index in [1.54, 1.807) is 7.05 Å². The van der Waals surface area contributed by atoms with Gasteiger partial charge in [0.2, 0.25) is 5.89 Å². The first-order valence-electron chi connectivity index (χ1n) is 12.1. The smallest absolute Gasteiger partial charge is 0.213 e. The second-order valence-corrected chi connectivity index (χ2v) is 9.90. The molecule has 0 saturated carbocycles. The fourth-order valence-corrected chi connectivity index (χ4v) is 4.15. The number of halogens is 1. The number of oxazole rings is 1. The van der Waals surface area contributed by atoms with Crippen molar-refractivity contribution in [3.05, 3.63) is 53.7 Å². The van der Waals surface area contributed by atoms with E-state index < -0.39 is 0 Å². The molecular formula is C26H42IN5O. The summed E-state index contributed by atoms with van der Waals surface area (Å²) in [4.78, 5) is 11.3. The third-order valence-corrected chi connectivity index (χ3v) is 6.19. The Morgan fingerprint density at radius 3 is 2.48 bits per heavy atom. The Labute approximate surface area is 217 Å². The van der Waals surface area contributed by atoms with Crippen LogP contribution in [0.25, 0.3) is 0 Å². The molecule has 1 aliphatic rings. The number of aromatic nitrogens is 1. The van der Waals surface area contributed by atoms with Gasteiger partial charge in [0.15, 0.2) is 5.96 Å². The quantitative estimate of drug-likeness (QED) is 0.194. The number of rotatable bonds is 9. The highest BCUT2D eigenvalue weighted by Crippen LogP contribution is 2.23. The van der Waals surface area contributed by atoms with E-state index in [1.165, 1.54) is 50.9 Å². The van der Waals surface area contributed by atoms with Gasteiger partial charge in [0.05, 0.1) is 12.7 Å². The summed E-state index contributed by atoms with van der Waals surface area (Å²) < 4.78 is 5.83. The molecule has 2 heterocycles. The lowest BCUT2D eigenvalue weighted by Crippen LogP contribution is -2.38. The van der Waals surface area contributed by atoms with Crippen LogP contribution in [0.5, 0.6) is 0 Å².